The number of hydrogen-bond donors (Lipinski definition) is 4. The Morgan fingerprint density at radius 1 is 1.27 bits per heavy atom. The zero-order chi connectivity index (χ0) is 15.7. The molecule has 1 aliphatic carbocycles. The number of benzene rings is 1. The fourth-order valence-electron chi connectivity index (χ4n) is 3.29. The lowest BCUT2D eigenvalue weighted by molar-refractivity contribution is -0.00971. The van der Waals surface area contributed by atoms with Crippen LogP contribution in [0.15, 0.2) is 29.2 Å². The van der Waals surface area contributed by atoms with Gasteiger partial charge in [-0.15, -0.1) is 11.8 Å². The first-order valence-corrected chi connectivity index (χ1v) is 9.09. The molecule has 4 N–H and O–H groups in total. The Hall–Kier alpha value is -0.860. The molecule has 0 spiro atoms. The van der Waals surface area contributed by atoms with Crippen LogP contribution in [0.2, 0.25) is 0 Å². The van der Waals surface area contributed by atoms with E-state index in [-0.39, 0.29) is 12.1 Å². The summed E-state index contributed by atoms with van der Waals surface area (Å²) in [6.07, 6.45) is 2.90. The van der Waals surface area contributed by atoms with Gasteiger partial charge in [0.25, 0.3) is 0 Å². The summed E-state index contributed by atoms with van der Waals surface area (Å²) >= 11 is 7.13. The maximum absolute atomic E-state index is 10.4. The second-order valence-corrected chi connectivity index (χ2v) is 6.99. The molecule has 1 saturated carbocycles. The standard InChI is InChI=1S/C15H21N3O2S2/c1-22-13-5-3-2-4-11(13)18-14(16-17-15(18)21)10-7-6-9(19)8-12(10)20/h2-5,9-10,12,14,16,19-20H,6-8H2,1H3,(H,17,21). The normalized spacial score (nSPS) is 32.1. The van der Waals surface area contributed by atoms with E-state index in [1.807, 2.05) is 29.4 Å². The zero-order valence-corrected chi connectivity index (χ0v) is 14.0. The topological polar surface area (TPSA) is 67.8 Å². The van der Waals surface area contributed by atoms with Crippen LogP contribution in [0.4, 0.5) is 5.69 Å². The van der Waals surface area contributed by atoms with Crippen LogP contribution >= 0.6 is 24.0 Å². The molecular formula is C15H21N3O2S2. The molecule has 0 bridgehead atoms. The molecule has 0 radical (unpaired) electrons. The average Bonchev–Trinajstić information content (AvgIpc) is 2.88. The Kier molecular flexibility index (Phi) is 4.89. The van der Waals surface area contributed by atoms with Crippen molar-refractivity contribution < 1.29 is 10.2 Å². The van der Waals surface area contributed by atoms with Gasteiger partial charge in [0.15, 0.2) is 5.11 Å². The zero-order valence-electron chi connectivity index (χ0n) is 12.4. The number of hydrogen-bond acceptors (Lipinski definition) is 5. The number of aliphatic hydroxyl groups is 2. The second kappa shape index (κ2) is 6.72. The van der Waals surface area contributed by atoms with Gasteiger partial charge < -0.3 is 10.2 Å². The minimum absolute atomic E-state index is 0.0197. The molecule has 4 unspecified atom stereocenters. The molecule has 2 aliphatic rings. The van der Waals surface area contributed by atoms with Crippen molar-refractivity contribution in [3.8, 4) is 0 Å². The first kappa shape index (κ1) is 16.0. The van der Waals surface area contributed by atoms with Gasteiger partial charge in [-0.2, -0.15) is 0 Å². The van der Waals surface area contributed by atoms with Crippen molar-refractivity contribution in [2.75, 3.05) is 11.2 Å². The molecule has 22 heavy (non-hydrogen) atoms. The van der Waals surface area contributed by atoms with Gasteiger partial charge in [-0.05, 0) is 49.9 Å². The minimum Gasteiger partial charge on any atom is -0.393 e. The van der Waals surface area contributed by atoms with Gasteiger partial charge >= 0.3 is 0 Å². The number of anilines is 1. The van der Waals surface area contributed by atoms with Gasteiger partial charge in [0.05, 0.1) is 17.9 Å². The van der Waals surface area contributed by atoms with Crippen molar-refractivity contribution in [3.05, 3.63) is 24.3 Å². The number of thiocarbonyl (C=S) groups is 1. The van der Waals surface area contributed by atoms with Crippen molar-refractivity contribution >= 4 is 34.8 Å². The summed E-state index contributed by atoms with van der Waals surface area (Å²) in [5.74, 6) is 0.0197. The number of nitrogens with one attached hydrogen (secondary N) is 2. The van der Waals surface area contributed by atoms with E-state index < -0.39 is 12.2 Å². The number of nitrogens with zero attached hydrogens (tertiary/aromatic N) is 1. The van der Waals surface area contributed by atoms with Gasteiger partial charge in [0, 0.05) is 10.8 Å². The first-order chi connectivity index (χ1) is 10.6. The monoisotopic (exact) mass is 339 g/mol. The van der Waals surface area contributed by atoms with E-state index in [4.69, 9.17) is 12.2 Å². The summed E-state index contributed by atoms with van der Waals surface area (Å²) in [7, 11) is 0. The molecule has 0 aromatic heterocycles. The minimum atomic E-state index is -0.534. The summed E-state index contributed by atoms with van der Waals surface area (Å²) in [6, 6.07) is 8.12. The van der Waals surface area contributed by atoms with Gasteiger partial charge in [0.1, 0.15) is 6.17 Å². The molecule has 5 nitrogen and oxygen atoms in total. The molecule has 1 heterocycles. The first-order valence-electron chi connectivity index (χ1n) is 7.45. The predicted octanol–water partition coefficient (Wildman–Crippen LogP) is 1.46. The van der Waals surface area contributed by atoms with Crippen LogP contribution in [0.5, 0.6) is 0 Å². The van der Waals surface area contributed by atoms with Crippen LogP contribution in [0.25, 0.3) is 0 Å². The van der Waals surface area contributed by atoms with Gasteiger partial charge in [-0.1, -0.05) is 12.1 Å². The third-order valence-electron chi connectivity index (χ3n) is 4.42. The number of rotatable bonds is 3. The summed E-state index contributed by atoms with van der Waals surface area (Å²) in [4.78, 5) is 3.19. The molecule has 0 amide bonds. The van der Waals surface area contributed by atoms with E-state index >= 15 is 0 Å². The smallest absolute Gasteiger partial charge is 0.189 e. The van der Waals surface area contributed by atoms with Crippen LogP contribution < -0.4 is 15.8 Å². The molecule has 3 rings (SSSR count). The van der Waals surface area contributed by atoms with E-state index in [1.54, 1.807) is 11.8 Å². The molecule has 1 aromatic rings. The highest BCUT2D eigenvalue weighted by molar-refractivity contribution is 7.98. The van der Waals surface area contributed by atoms with Gasteiger partial charge in [0.2, 0.25) is 0 Å². The Morgan fingerprint density at radius 2 is 2.05 bits per heavy atom. The van der Waals surface area contributed by atoms with Crippen molar-refractivity contribution in [2.45, 2.75) is 42.5 Å². The fraction of sp³-hybridized carbons (Fsp3) is 0.533. The number of aliphatic hydroxyl groups excluding tert-OH is 2. The van der Waals surface area contributed by atoms with E-state index in [0.717, 1.165) is 17.0 Å². The van der Waals surface area contributed by atoms with Crippen molar-refractivity contribution in [3.63, 3.8) is 0 Å². The lowest BCUT2D eigenvalue weighted by atomic mass is 9.82. The average molecular weight is 339 g/mol. The largest absolute Gasteiger partial charge is 0.393 e. The third kappa shape index (κ3) is 2.96. The summed E-state index contributed by atoms with van der Waals surface area (Å²) in [5.41, 5.74) is 7.27. The van der Waals surface area contributed by atoms with E-state index in [2.05, 4.69) is 16.9 Å². The van der Waals surface area contributed by atoms with Crippen LogP contribution in [0.1, 0.15) is 19.3 Å². The fourth-order valence-corrected chi connectivity index (χ4v) is 4.15. The molecule has 1 aromatic carbocycles. The maximum atomic E-state index is 10.4. The lowest BCUT2D eigenvalue weighted by Gasteiger charge is -2.38. The SMILES string of the molecule is CSc1ccccc1N1C(=S)NNC1C1CCC(O)CC1O. The van der Waals surface area contributed by atoms with Gasteiger partial charge in [-0.3, -0.25) is 10.3 Å². The molecule has 2 fully saturated rings. The second-order valence-electron chi connectivity index (χ2n) is 5.76. The van der Waals surface area contributed by atoms with Crippen molar-refractivity contribution in [1.29, 1.82) is 0 Å². The van der Waals surface area contributed by atoms with Crippen LogP contribution in [-0.2, 0) is 0 Å². The quantitative estimate of drug-likeness (QED) is 0.491. The molecule has 1 saturated heterocycles. The van der Waals surface area contributed by atoms with Crippen LogP contribution in [0.3, 0.4) is 0 Å². The molecule has 120 valence electrons. The van der Waals surface area contributed by atoms with E-state index in [1.165, 1.54) is 0 Å². The molecule has 7 heteroatoms. The van der Waals surface area contributed by atoms with Crippen molar-refractivity contribution in [1.82, 2.24) is 10.9 Å². The predicted molar refractivity (Wildman–Crippen MR) is 92.7 cm³/mol. The maximum Gasteiger partial charge on any atom is 0.189 e. The highest BCUT2D eigenvalue weighted by atomic mass is 32.2. The van der Waals surface area contributed by atoms with E-state index in [0.29, 0.717) is 18.0 Å². The summed E-state index contributed by atoms with van der Waals surface area (Å²) in [6.45, 7) is 0. The molecular weight excluding hydrogens is 318 g/mol. The Morgan fingerprint density at radius 3 is 2.77 bits per heavy atom. The summed E-state index contributed by atoms with van der Waals surface area (Å²) in [5, 5.41) is 20.7. The van der Waals surface area contributed by atoms with Crippen LogP contribution in [0, 0.1) is 5.92 Å². The van der Waals surface area contributed by atoms with Gasteiger partial charge in [-0.25, -0.2) is 5.43 Å². The third-order valence-corrected chi connectivity index (χ3v) is 5.50. The van der Waals surface area contributed by atoms with E-state index in [9.17, 15) is 10.2 Å². The van der Waals surface area contributed by atoms with Crippen LogP contribution in [-0.4, -0.2) is 40.0 Å². The highest BCUT2D eigenvalue weighted by Gasteiger charge is 2.41. The number of thioether (sulfide) groups is 1. The summed E-state index contributed by atoms with van der Waals surface area (Å²) < 4.78 is 0. The Labute approximate surface area is 140 Å². The highest BCUT2D eigenvalue weighted by Crippen LogP contribution is 2.36. The molecule has 4 atom stereocenters. The molecule has 1 aliphatic heterocycles. The van der Waals surface area contributed by atoms with Crippen molar-refractivity contribution in [2.24, 2.45) is 5.92 Å². The number of para-hydroxylation sites is 1. The lowest BCUT2D eigenvalue weighted by Crippen LogP contribution is -2.50. The number of hydrazine groups is 1. The Balaban J connectivity index is 1.89. The Bertz CT molecular complexity index is 557.